The summed E-state index contributed by atoms with van der Waals surface area (Å²) in [5.41, 5.74) is -0.0332. The third-order valence-corrected chi connectivity index (χ3v) is 3.66. The third kappa shape index (κ3) is 2.77. The van der Waals surface area contributed by atoms with Crippen LogP contribution in [0.2, 0.25) is 0 Å². The number of phenolic OH excluding ortho intramolecular Hbond substituents is 1. The third-order valence-electron chi connectivity index (χ3n) is 3.66. The Morgan fingerprint density at radius 2 is 1.75 bits per heavy atom. The summed E-state index contributed by atoms with van der Waals surface area (Å²) in [6, 6.07) is 11.3. The number of aliphatic hydroxyl groups is 2. The van der Waals surface area contributed by atoms with Gasteiger partial charge in [0, 0.05) is 17.0 Å². The maximum atomic E-state index is 10.4. The van der Waals surface area contributed by atoms with Crippen LogP contribution in [0.1, 0.15) is 25.5 Å². The van der Waals surface area contributed by atoms with E-state index in [1.54, 1.807) is 6.92 Å². The van der Waals surface area contributed by atoms with Crippen molar-refractivity contribution in [2.24, 2.45) is 0 Å². The summed E-state index contributed by atoms with van der Waals surface area (Å²) in [4.78, 5) is 0. The van der Waals surface area contributed by atoms with Crippen molar-refractivity contribution in [1.29, 1.82) is 0 Å². The molecule has 2 rings (SSSR count). The van der Waals surface area contributed by atoms with E-state index in [0.717, 1.165) is 16.3 Å². The first kappa shape index (κ1) is 14.8. The molecular weight excluding hydrogens is 254 g/mol. The minimum absolute atomic E-state index is 0.178. The van der Waals surface area contributed by atoms with Crippen LogP contribution in [0, 0.1) is 0 Å². The first-order valence-corrected chi connectivity index (χ1v) is 6.71. The number of nitrogens with one attached hydrogen (secondary N) is 1. The van der Waals surface area contributed by atoms with Gasteiger partial charge >= 0.3 is 0 Å². The van der Waals surface area contributed by atoms with Gasteiger partial charge in [-0.05, 0) is 19.2 Å². The van der Waals surface area contributed by atoms with E-state index in [1.807, 2.05) is 43.3 Å². The lowest BCUT2D eigenvalue weighted by Crippen LogP contribution is -2.49. The molecule has 0 aromatic heterocycles. The fourth-order valence-corrected chi connectivity index (χ4v) is 2.36. The summed E-state index contributed by atoms with van der Waals surface area (Å²) < 4.78 is 0. The minimum atomic E-state index is -0.780. The molecule has 0 aliphatic carbocycles. The van der Waals surface area contributed by atoms with Gasteiger partial charge in [-0.2, -0.15) is 0 Å². The van der Waals surface area contributed by atoms with Crippen molar-refractivity contribution in [3.05, 3.63) is 42.0 Å². The van der Waals surface area contributed by atoms with Crippen LogP contribution in [-0.4, -0.2) is 34.1 Å². The van der Waals surface area contributed by atoms with Gasteiger partial charge in [0.1, 0.15) is 5.75 Å². The number of hydrogen-bond donors (Lipinski definition) is 4. The monoisotopic (exact) mass is 275 g/mol. The van der Waals surface area contributed by atoms with Gasteiger partial charge in [0.25, 0.3) is 0 Å². The van der Waals surface area contributed by atoms with Crippen molar-refractivity contribution in [3.63, 3.8) is 0 Å². The van der Waals surface area contributed by atoms with Crippen LogP contribution in [0.3, 0.4) is 0 Å². The van der Waals surface area contributed by atoms with Crippen LogP contribution in [0.25, 0.3) is 10.8 Å². The van der Waals surface area contributed by atoms with Crippen LogP contribution < -0.4 is 5.32 Å². The zero-order valence-corrected chi connectivity index (χ0v) is 11.8. The molecule has 2 aromatic carbocycles. The van der Waals surface area contributed by atoms with E-state index in [9.17, 15) is 15.3 Å². The van der Waals surface area contributed by atoms with E-state index in [4.69, 9.17) is 0 Å². The van der Waals surface area contributed by atoms with E-state index in [-0.39, 0.29) is 25.0 Å². The van der Waals surface area contributed by atoms with Crippen LogP contribution >= 0.6 is 0 Å². The van der Waals surface area contributed by atoms with Crippen LogP contribution in [0.15, 0.2) is 36.4 Å². The largest absolute Gasteiger partial charge is 0.507 e. The molecule has 4 N–H and O–H groups in total. The smallest absolute Gasteiger partial charge is 0.128 e. The Hall–Kier alpha value is -1.62. The van der Waals surface area contributed by atoms with Gasteiger partial charge < -0.3 is 20.6 Å². The highest BCUT2D eigenvalue weighted by Crippen LogP contribution is 2.33. The summed E-state index contributed by atoms with van der Waals surface area (Å²) in [5, 5.41) is 34.0. The number of aromatic hydroxyl groups is 1. The first-order chi connectivity index (χ1) is 9.50. The highest BCUT2D eigenvalue weighted by molar-refractivity contribution is 5.89. The Balaban J connectivity index is 2.35. The van der Waals surface area contributed by atoms with Gasteiger partial charge in [0.15, 0.2) is 0 Å². The molecule has 4 heteroatoms. The molecule has 1 unspecified atom stereocenters. The molecule has 0 radical (unpaired) electrons. The van der Waals surface area contributed by atoms with Crippen molar-refractivity contribution >= 4 is 10.8 Å². The van der Waals surface area contributed by atoms with Gasteiger partial charge in [-0.15, -0.1) is 0 Å². The van der Waals surface area contributed by atoms with Crippen LogP contribution in [0.4, 0.5) is 0 Å². The Kier molecular flexibility index (Phi) is 4.28. The Labute approximate surface area is 118 Å². The zero-order valence-electron chi connectivity index (χ0n) is 11.8. The minimum Gasteiger partial charge on any atom is -0.507 e. The maximum Gasteiger partial charge on any atom is 0.128 e. The van der Waals surface area contributed by atoms with Crippen molar-refractivity contribution in [2.75, 3.05) is 13.2 Å². The second-order valence-corrected chi connectivity index (χ2v) is 5.47. The average molecular weight is 275 g/mol. The molecule has 0 aliphatic rings. The van der Waals surface area contributed by atoms with Gasteiger partial charge in [-0.1, -0.05) is 36.4 Å². The molecule has 4 nitrogen and oxygen atoms in total. The highest BCUT2D eigenvalue weighted by Gasteiger charge is 2.25. The summed E-state index contributed by atoms with van der Waals surface area (Å²) in [5.74, 6) is 0.237. The molecule has 1 atom stereocenters. The summed E-state index contributed by atoms with van der Waals surface area (Å²) in [6.45, 7) is 3.28. The van der Waals surface area contributed by atoms with Crippen LogP contribution in [0.5, 0.6) is 5.75 Å². The first-order valence-electron chi connectivity index (χ1n) is 6.71. The molecule has 0 spiro atoms. The number of benzene rings is 2. The van der Waals surface area contributed by atoms with Gasteiger partial charge in [-0.3, -0.25) is 0 Å². The van der Waals surface area contributed by atoms with Gasteiger partial charge in [0.05, 0.1) is 18.8 Å². The second kappa shape index (κ2) is 5.79. The molecule has 108 valence electrons. The zero-order chi connectivity index (χ0) is 14.8. The van der Waals surface area contributed by atoms with E-state index < -0.39 is 5.54 Å². The maximum absolute atomic E-state index is 10.4. The van der Waals surface area contributed by atoms with E-state index in [2.05, 4.69) is 5.32 Å². The summed E-state index contributed by atoms with van der Waals surface area (Å²) in [7, 11) is 0. The lowest BCUT2D eigenvalue weighted by molar-refractivity contribution is 0.0955. The lowest BCUT2D eigenvalue weighted by Gasteiger charge is -2.31. The average Bonchev–Trinajstić information content (AvgIpc) is 2.47. The topological polar surface area (TPSA) is 72.7 Å². The van der Waals surface area contributed by atoms with Crippen molar-refractivity contribution in [3.8, 4) is 5.75 Å². The van der Waals surface area contributed by atoms with Gasteiger partial charge in [-0.25, -0.2) is 0 Å². The van der Waals surface area contributed by atoms with E-state index in [0.29, 0.717) is 0 Å². The fourth-order valence-electron chi connectivity index (χ4n) is 2.36. The highest BCUT2D eigenvalue weighted by atomic mass is 16.3. The number of fused-ring (bicyclic) bond motifs is 1. The summed E-state index contributed by atoms with van der Waals surface area (Å²) in [6.07, 6.45) is 0. The molecule has 0 fully saturated rings. The van der Waals surface area contributed by atoms with Crippen molar-refractivity contribution in [1.82, 2.24) is 5.32 Å². The molecule has 0 bridgehead atoms. The molecular formula is C16H21NO3. The molecule has 0 saturated carbocycles. The molecule has 0 heterocycles. The molecule has 0 aliphatic heterocycles. The number of phenols is 1. The Morgan fingerprint density at radius 3 is 2.40 bits per heavy atom. The molecule has 0 amide bonds. The molecule has 2 aromatic rings. The van der Waals surface area contributed by atoms with Crippen molar-refractivity contribution in [2.45, 2.75) is 25.4 Å². The summed E-state index contributed by atoms with van der Waals surface area (Å²) >= 11 is 0. The number of rotatable bonds is 5. The fraction of sp³-hybridized carbons (Fsp3) is 0.375. The van der Waals surface area contributed by atoms with Crippen LogP contribution in [-0.2, 0) is 0 Å². The van der Waals surface area contributed by atoms with Crippen molar-refractivity contribution < 1.29 is 15.3 Å². The normalized spacial score (nSPS) is 13.6. The SMILES string of the molecule is CC(NC(C)(CO)CO)c1ccc2ccccc2c1O. The Morgan fingerprint density at radius 1 is 1.10 bits per heavy atom. The molecule has 0 saturated heterocycles. The number of aliphatic hydroxyl groups excluding tert-OH is 2. The number of hydrogen-bond acceptors (Lipinski definition) is 4. The Bertz CT molecular complexity index is 593. The lowest BCUT2D eigenvalue weighted by atomic mass is 9.97. The predicted molar refractivity (Wildman–Crippen MR) is 79.7 cm³/mol. The van der Waals surface area contributed by atoms with E-state index in [1.165, 1.54) is 0 Å². The standard InChI is InChI=1S/C16H21NO3/c1-11(17-16(2,9-18)10-19)13-8-7-12-5-3-4-6-14(12)15(13)20/h3-8,11,17-20H,9-10H2,1-2H3. The molecule has 20 heavy (non-hydrogen) atoms. The second-order valence-electron chi connectivity index (χ2n) is 5.47. The predicted octanol–water partition coefficient (Wildman–Crippen LogP) is 1.94. The van der Waals surface area contributed by atoms with E-state index >= 15 is 0 Å². The van der Waals surface area contributed by atoms with Gasteiger partial charge in [0.2, 0.25) is 0 Å². The quantitative estimate of drug-likeness (QED) is 0.673.